The van der Waals surface area contributed by atoms with E-state index in [1.807, 2.05) is 60.8 Å². The van der Waals surface area contributed by atoms with Crippen molar-refractivity contribution in [3.8, 4) is 5.75 Å². The molecule has 2 heterocycles. The molecule has 1 amide bonds. The molecule has 4 rings (SSSR count). The maximum absolute atomic E-state index is 12.7. The number of unbranched alkanes of at least 4 members (excludes halogenated alkanes) is 11. The lowest BCUT2D eigenvalue weighted by Crippen LogP contribution is -3.00. The predicted molar refractivity (Wildman–Crippen MR) is 168 cm³/mol. The molecule has 42 heavy (non-hydrogen) atoms. The van der Waals surface area contributed by atoms with Gasteiger partial charge in [-0.3, -0.25) is 4.79 Å². The first kappa shape index (κ1) is 33.4. The van der Waals surface area contributed by atoms with Crippen LogP contribution in [0.15, 0.2) is 85.5 Å². The summed E-state index contributed by atoms with van der Waals surface area (Å²) >= 11 is 0. The summed E-state index contributed by atoms with van der Waals surface area (Å²) in [5.74, 6) is 0.857. The molecular formula is C36H48BrN3O2. The zero-order valence-corrected chi connectivity index (χ0v) is 26.9. The highest BCUT2D eigenvalue weighted by atomic mass is 79.9. The number of aromatic nitrogens is 2. The molecular weight excluding hydrogens is 586 g/mol. The molecule has 0 aliphatic heterocycles. The van der Waals surface area contributed by atoms with Gasteiger partial charge in [0.15, 0.2) is 5.52 Å². The fraction of sp³-hybridized carbons (Fsp3) is 0.444. The molecule has 2 aromatic carbocycles. The van der Waals surface area contributed by atoms with E-state index in [1.165, 1.54) is 70.6 Å². The molecule has 0 saturated carbocycles. The van der Waals surface area contributed by atoms with Gasteiger partial charge in [-0.2, -0.15) is 0 Å². The Morgan fingerprint density at radius 2 is 1.48 bits per heavy atom. The quantitative estimate of drug-likeness (QED) is 0.109. The smallest absolute Gasteiger partial charge is 0.249 e. The van der Waals surface area contributed by atoms with Gasteiger partial charge in [-0.25, -0.2) is 8.97 Å². The molecule has 0 fully saturated rings. The van der Waals surface area contributed by atoms with E-state index in [9.17, 15) is 4.79 Å². The molecule has 0 aliphatic rings. The van der Waals surface area contributed by atoms with Crippen molar-refractivity contribution in [1.29, 1.82) is 0 Å². The first-order valence-corrected chi connectivity index (χ1v) is 15.8. The highest BCUT2D eigenvalue weighted by Gasteiger charge is 2.09. The third kappa shape index (κ3) is 12.0. The van der Waals surface area contributed by atoms with Gasteiger partial charge in [-0.15, -0.1) is 0 Å². The molecule has 0 atom stereocenters. The van der Waals surface area contributed by atoms with E-state index in [0.717, 1.165) is 47.7 Å². The average Bonchev–Trinajstić information content (AvgIpc) is 3.39. The zero-order chi connectivity index (χ0) is 28.5. The van der Waals surface area contributed by atoms with E-state index in [0.29, 0.717) is 6.42 Å². The lowest BCUT2D eigenvalue weighted by atomic mass is 10.1. The number of carbonyl (C=O) groups excluding carboxylic acids is 1. The Labute approximate surface area is 263 Å². The fourth-order valence-corrected chi connectivity index (χ4v) is 5.32. The van der Waals surface area contributed by atoms with Gasteiger partial charge < -0.3 is 27.0 Å². The van der Waals surface area contributed by atoms with Crippen molar-refractivity contribution in [3.63, 3.8) is 0 Å². The molecule has 5 nitrogen and oxygen atoms in total. The predicted octanol–water partition coefficient (Wildman–Crippen LogP) is 5.54. The number of benzene rings is 2. The van der Waals surface area contributed by atoms with Crippen LogP contribution >= 0.6 is 0 Å². The average molecular weight is 635 g/mol. The van der Waals surface area contributed by atoms with E-state index in [1.54, 1.807) is 0 Å². The number of ether oxygens (including phenoxy) is 1. The molecule has 2 aromatic heterocycles. The summed E-state index contributed by atoms with van der Waals surface area (Å²) in [6.07, 6.45) is 22.7. The first-order chi connectivity index (χ1) is 20.2. The van der Waals surface area contributed by atoms with Crippen LogP contribution in [-0.2, 0) is 17.8 Å². The number of nitrogens with one attached hydrogen (secondary N) is 1. The number of rotatable bonds is 19. The Bertz CT molecular complexity index is 1290. The van der Waals surface area contributed by atoms with Crippen LogP contribution in [-0.4, -0.2) is 16.9 Å². The van der Waals surface area contributed by atoms with Gasteiger partial charge in [0.1, 0.15) is 18.5 Å². The van der Waals surface area contributed by atoms with E-state index in [4.69, 9.17) is 4.74 Å². The van der Waals surface area contributed by atoms with E-state index >= 15 is 0 Å². The summed E-state index contributed by atoms with van der Waals surface area (Å²) in [6, 6.07) is 22.1. The molecule has 0 radical (unpaired) electrons. The topological polar surface area (TPSA) is 46.6 Å². The Balaban J connectivity index is 0.00000484. The second-order valence-electron chi connectivity index (χ2n) is 11.3. The zero-order valence-electron chi connectivity index (χ0n) is 25.3. The van der Waals surface area contributed by atoms with Crippen molar-refractivity contribution >= 4 is 17.1 Å². The largest absolute Gasteiger partial charge is 1.00 e. The van der Waals surface area contributed by atoms with Gasteiger partial charge >= 0.3 is 0 Å². The van der Waals surface area contributed by atoms with E-state index in [-0.39, 0.29) is 22.9 Å². The summed E-state index contributed by atoms with van der Waals surface area (Å²) < 4.78 is 10.2. The number of anilines is 1. The third-order valence-corrected chi connectivity index (χ3v) is 7.62. The lowest BCUT2D eigenvalue weighted by Gasteiger charge is -2.09. The first-order valence-electron chi connectivity index (χ1n) is 15.8. The van der Waals surface area contributed by atoms with E-state index in [2.05, 4.69) is 45.9 Å². The number of nitrogens with zero attached hydrogens (tertiary/aromatic N) is 2. The normalized spacial score (nSPS) is 10.9. The third-order valence-electron chi connectivity index (χ3n) is 7.62. The molecule has 1 N–H and O–H groups in total. The van der Waals surface area contributed by atoms with Gasteiger partial charge in [0.25, 0.3) is 0 Å². The van der Waals surface area contributed by atoms with Crippen LogP contribution in [0.5, 0.6) is 5.75 Å². The van der Waals surface area contributed by atoms with Crippen LogP contribution < -0.4 is 31.6 Å². The number of amides is 1. The van der Waals surface area contributed by atoms with Gasteiger partial charge in [-0.1, -0.05) is 108 Å². The van der Waals surface area contributed by atoms with Crippen molar-refractivity contribution in [1.82, 2.24) is 4.40 Å². The van der Waals surface area contributed by atoms with Crippen LogP contribution in [0.3, 0.4) is 0 Å². The van der Waals surface area contributed by atoms with E-state index < -0.39 is 0 Å². The maximum atomic E-state index is 12.7. The highest BCUT2D eigenvalue weighted by Crippen LogP contribution is 2.16. The summed E-state index contributed by atoms with van der Waals surface area (Å²) in [4.78, 5) is 12.7. The van der Waals surface area contributed by atoms with Crippen LogP contribution in [0.1, 0.15) is 95.1 Å². The Morgan fingerprint density at radius 3 is 2.17 bits per heavy atom. The Kier molecular flexibility index (Phi) is 15.2. The molecule has 6 heteroatoms. The monoisotopic (exact) mass is 633 g/mol. The number of halogens is 1. The van der Waals surface area contributed by atoms with Crippen molar-refractivity contribution < 1.29 is 31.1 Å². The molecule has 226 valence electrons. The number of hydrogen-bond acceptors (Lipinski definition) is 2. The summed E-state index contributed by atoms with van der Waals surface area (Å²) in [5, 5.41) is 3.05. The summed E-state index contributed by atoms with van der Waals surface area (Å²) in [7, 11) is 0. The molecule has 4 aromatic rings. The number of fused-ring (bicyclic) bond motifs is 1. The SMILES string of the molecule is CCCCCCCCCCCCCCOc1ccc(CC(=O)Nc2cccc(C[n+]3cc4ccccn4c3)c2)cc1.[Br-]. The van der Waals surface area contributed by atoms with Crippen molar-refractivity contribution in [2.45, 2.75) is 96.9 Å². The second-order valence-corrected chi connectivity index (χ2v) is 11.3. The molecule has 0 unspecified atom stereocenters. The Hall–Kier alpha value is -3.12. The van der Waals surface area contributed by atoms with Crippen molar-refractivity contribution in [3.05, 3.63) is 96.6 Å². The van der Waals surface area contributed by atoms with Crippen LogP contribution in [0.25, 0.3) is 5.52 Å². The van der Waals surface area contributed by atoms with Crippen LogP contribution in [0.4, 0.5) is 5.69 Å². The minimum Gasteiger partial charge on any atom is -1.00 e. The fourth-order valence-electron chi connectivity index (χ4n) is 5.32. The van der Waals surface area contributed by atoms with Gasteiger partial charge in [0.2, 0.25) is 12.2 Å². The minimum atomic E-state index is -0.0189. The van der Waals surface area contributed by atoms with Crippen LogP contribution in [0.2, 0.25) is 0 Å². The highest BCUT2D eigenvalue weighted by molar-refractivity contribution is 5.92. The van der Waals surface area contributed by atoms with Gasteiger partial charge in [0, 0.05) is 5.69 Å². The molecule has 0 saturated heterocycles. The number of pyridine rings is 1. The molecule has 0 bridgehead atoms. The minimum absolute atomic E-state index is 0. The van der Waals surface area contributed by atoms with Crippen molar-refractivity contribution in [2.75, 3.05) is 11.9 Å². The number of carbonyl (C=O) groups is 1. The maximum Gasteiger partial charge on any atom is 0.249 e. The molecule has 0 spiro atoms. The standard InChI is InChI=1S/C36H47N3O2.BrH/c1-2-3-4-5-6-7-8-9-10-11-12-15-25-41-35-22-20-31(21-23-35)27-36(40)37-33-18-16-17-32(26-33)28-38-29-34-19-13-14-24-39(34)30-38;/h13-14,16-24,26,29-30H,2-12,15,25,27-28H2,1H3;1H. The Morgan fingerprint density at radius 1 is 0.786 bits per heavy atom. The summed E-state index contributed by atoms with van der Waals surface area (Å²) in [5.41, 5.74) is 4.09. The number of imidazole rings is 1. The summed E-state index contributed by atoms with van der Waals surface area (Å²) in [6.45, 7) is 3.77. The van der Waals surface area contributed by atoms with Gasteiger partial charge in [0.05, 0.1) is 19.2 Å². The van der Waals surface area contributed by atoms with Gasteiger partial charge in [-0.05, 0) is 53.9 Å². The molecule has 0 aliphatic carbocycles. The lowest BCUT2D eigenvalue weighted by molar-refractivity contribution is -0.686. The second kappa shape index (κ2) is 19.1. The van der Waals surface area contributed by atoms with Crippen LogP contribution in [0, 0.1) is 0 Å². The number of hydrogen-bond donors (Lipinski definition) is 1. The van der Waals surface area contributed by atoms with Crippen molar-refractivity contribution in [2.24, 2.45) is 0 Å².